The molecule has 2 aliphatic heterocycles. The molecule has 2 aliphatic rings. The number of cyclic esters (lactones) is 1. The highest BCUT2D eigenvalue weighted by Crippen LogP contribution is 2.32. The number of ether oxygens (including phenoxy) is 2. The van der Waals surface area contributed by atoms with Crippen LogP contribution in [0.4, 0.5) is 21.0 Å². The van der Waals surface area contributed by atoms with Gasteiger partial charge in [-0.05, 0) is 54.8 Å². The first-order chi connectivity index (χ1) is 13.5. The molecular formula is C21H23N3O4. The van der Waals surface area contributed by atoms with E-state index in [0.717, 1.165) is 22.6 Å². The number of nitrogens with zero attached hydrogens (tertiary/aromatic N) is 2. The molecule has 1 saturated heterocycles. The summed E-state index contributed by atoms with van der Waals surface area (Å²) in [4.78, 5) is 28.7. The van der Waals surface area contributed by atoms with Gasteiger partial charge >= 0.3 is 12.1 Å². The van der Waals surface area contributed by atoms with Gasteiger partial charge in [-0.3, -0.25) is 4.90 Å². The zero-order valence-corrected chi connectivity index (χ0v) is 16.0. The number of aryl methyl sites for hydroxylation is 1. The van der Waals surface area contributed by atoms with E-state index in [-0.39, 0.29) is 18.2 Å². The van der Waals surface area contributed by atoms with Crippen LogP contribution in [-0.4, -0.2) is 43.3 Å². The molecular weight excluding hydrogens is 358 g/mol. The molecule has 0 aromatic heterocycles. The molecule has 0 aliphatic carbocycles. The van der Waals surface area contributed by atoms with E-state index in [2.05, 4.69) is 5.32 Å². The van der Waals surface area contributed by atoms with Gasteiger partial charge in [-0.25, -0.2) is 9.59 Å². The summed E-state index contributed by atoms with van der Waals surface area (Å²) in [5.74, 6) is 0.736. The predicted molar refractivity (Wildman–Crippen MR) is 106 cm³/mol. The van der Waals surface area contributed by atoms with Crippen LogP contribution >= 0.6 is 0 Å². The number of carbonyl (C=O) groups excluding carboxylic acids is 2. The highest BCUT2D eigenvalue weighted by Gasteiger charge is 2.37. The summed E-state index contributed by atoms with van der Waals surface area (Å²) in [5, 5.41) is 2.94. The summed E-state index contributed by atoms with van der Waals surface area (Å²) in [6, 6.07) is 13.0. The second kappa shape index (κ2) is 7.42. The Morgan fingerprint density at radius 3 is 2.75 bits per heavy atom. The molecule has 1 unspecified atom stereocenters. The third-order valence-corrected chi connectivity index (χ3v) is 5.18. The lowest BCUT2D eigenvalue weighted by atomic mass is 10.0. The number of rotatable bonds is 2. The maximum absolute atomic E-state index is 12.9. The first-order valence-corrected chi connectivity index (χ1v) is 9.30. The Bertz CT molecular complexity index is 897. The first-order valence-electron chi connectivity index (χ1n) is 9.30. The summed E-state index contributed by atoms with van der Waals surface area (Å²) in [5.41, 5.74) is 3.53. The average Bonchev–Trinajstić information content (AvgIpc) is 3.04. The van der Waals surface area contributed by atoms with Crippen LogP contribution in [0.5, 0.6) is 5.75 Å². The number of methoxy groups -OCH3 is 1. The number of amides is 3. The summed E-state index contributed by atoms with van der Waals surface area (Å²) in [6.07, 6.45) is 0.350. The number of carbonyl (C=O) groups is 2. The number of hydrogen-bond acceptors (Lipinski definition) is 4. The van der Waals surface area contributed by atoms with E-state index < -0.39 is 0 Å². The summed E-state index contributed by atoms with van der Waals surface area (Å²) in [6.45, 7) is 3.30. The van der Waals surface area contributed by atoms with Crippen LogP contribution in [0.15, 0.2) is 42.5 Å². The van der Waals surface area contributed by atoms with Crippen molar-refractivity contribution in [2.75, 3.05) is 30.5 Å². The van der Waals surface area contributed by atoms with Crippen LogP contribution in [0.25, 0.3) is 0 Å². The lowest BCUT2D eigenvalue weighted by Crippen LogP contribution is -2.43. The molecule has 0 spiro atoms. The fraction of sp³-hybridized carbons (Fsp3) is 0.333. The van der Waals surface area contributed by atoms with Crippen molar-refractivity contribution in [1.29, 1.82) is 0 Å². The van der Waals surface area contributed by atoms with Crippen LogP contribution in [0.2, 0.25) is 0 Å². The fourth-order valence-electron chi connectivity index (χ4n) is 3.64. The summed E-state index contributed by atoms with van der Waals surface area (Å²) < 4.78 is 10.4. The predicted octanol–water partition coefficient (Wildman–Crippen LogP) is 3.77. The molecule has 0 radical (unpaired) electrons. The Morgan fingerprint density at radius 2 is 2.00 bits per heavy atom. The van der Waals surface area contributed by atoms with Gasteiger partial charge in [0.2, 0.25) is 0 Å². The van der Waals surface area contributed by atoms with Crippen LogP contribution in [0, 0.1) is 6.92 Å². The molecule has 4 rings (SSSR count). The van der Waals surface area contributed by atoms with E-state index in [4.69, 9.17) is 9.47 Å². The minimum absolute atomic E-state index is 0.0652. The Labute approximate surface area is 163 Å². The number of benzene rings is 2. The van der Waals surface area contributed by atoms with Crippen molar-refractivity contribution in [1.82, 2.24) is 4.90 Å². The summed E-state index contributed by atoms with van der Waals surface area (Å²) in [7, 11) is 1.60. The molecule has 7 nitrogen and oxygen atoms in total. The van der Waals surface area contributed by atoms with Gasteiger partial charge < -0.3 is 19.7 Å². The molecule has 1 atom stereocenters. The zero-order chi connectivity index (χ0) is 19.7. The maximum Gasteiger partial charge on any atom is 0.414 e. The first kappa shape index (κ1) is 18.2. The average molecular weight is 381 g/mol. The lowest BCUT2D eigenvalue weighted by Gasteiger charge is -2.32. The van der Waals surface area contributed by atoms with Gasteiger partial charge in [0.25, 0.3) is 0 Å². The Morgan fingerprint density at radius 1 is 1.21 bits per heavy atom. The minimum Gasteiger partial charge on any atom is -0.497 e. The van der Waals surface area contributed by atoms with E-state index in [0.29, 0.717) is 31.8 Å². The molecule has 146 valence electrons. The molecule has 2 aromatic rings. The molecule has 0 saturated carbocycles. The van der Waals surface area contributed by atoms with Crippen molar-refractivity contribution in [3.05, 3.63) is 53.6 Å². The van der Waals surface area contributed by atoms with Gasteiger partial charge in [0.15, 0.2) is 0 Å². The number of nitrogens with one attached hydrogen (secondary N) is 1. The van der Waals surface area contributed by atoms with Crippen molar-refractivity contribution in [2.45, 2.75) is 25.9 Å². The normalized spacial score (nSPS) is 18.5. The van der Waals surface area contributed by atoms with Crippen LogP contribution in [0.3, 0.4) is 0 Å². The van der Waals surface area contributed by atoms with Crippen LogP contribution in [0.1, 0.15) is 17.5 Å². The zero-order valence-electron chi connectivity index (χ0n) is 16.0. The van der Waals surface area contributed by atoms with Gasteiger partial charge in [0.1, 0.15) is 12.4 Å². The van der Waals surface area contributed by atoms with Crippen molar-refractivity contribution < 1.29 is 19.1 Å². The van der Waals surface area contributed by atoms with Gasteiger partial charge in [-0.1, -0.05) is 12.1 Å². The standard InChI is InChI=1S/C21H23N3O4/c1-14-3-4-15-12-23(20(25)22-16-5-7-18(27-2)8-6-16)10-9-17-13-28-21(26)24(17)19(15)11-14/h3-8,11,17H,9-10,12-13H2,1-2H3,(H,22,25). The van der Waals surface area contributed by atoms with Gasteiger partial charge in [-0.2, -0.15) is 0 Å². The SMILES string of the molecule is COc1ccc(NC(=O)N2CCC3COC(=O)N3c3cc(C)ccc3C2)cc1. The highest BCUT2D eigenvalue weighted by molar-refractivity contribution is 5.92. The lowest BCUT2D eigenvalue weighted by molar-refractivity contribution is 0.177. The van der Waals surface area contributed by atoms with Crippen molar-refractivity contribution >= 4 is 23.5 Å². The number of fused-ring (bicyclic) bond motifs is 3. The van der Waals surface area contributed by atoms with Crippen molar-refractivity contribution in [3.8, 4) is 5.75 Å². The summed E-state index contributed by atoms with van der Waals surface area (Å²) >= 11 is 0. The smallest absolute Gasteiger partial charge is 0.414 e. The quantitative estimate of drug-likeness (QED) is 0.860. The minimum atomic E-state index is -0.312. The van der Waals surface area contributed by atoms with Crippen molar-refractivity contribution in [2.24, 2.45) is 0 Å². The molecule has 1 fully saturated rings. The van der Waals surface area contributed by atoms with E-state index in [9.17, 15) is 9.59 Å². The molecule has 3 amide bonds. The fourth-order valence-corrected chi connectivity index (χ4v) is 3.64. The van der Waals surface area contributed by atoms with E-state index in [1.54, 1.807) is 29.0 Å². The van der Waals surface area contributed by atoms with Gasteiger partial charge in [0, 0.05) is 18.8 Å². The van der Waals surface area contributed by atoms with Gasteiger partial charge in [0.05, 0.1) is 18.8 Å². The number of anilines is 2. The Kier molecular flexibility index (Phi) is 4.81. The number of hydrogen-bond donors (Lipinski definition) is 1. The molecule has 1 N–H and O–H groups in total. The monoisotopic (exact) mass is 381 g/mol. The Hall–Kier alpha value is -3.22. The van der Waals surface area contributed by atoms with Crippen LogP contribution in [-0.2, 0) is 11.3 Å². The Balaban J connectivity index is 1.58. The highest BCUT2D eigenvalue weighted by atomic mass is 16.6. The van der Waals surface area contributed by atoms with E-state index in [1.807, 2.05) is 37.3 Å². The third kappa shape index (κ3) is 3.47. The van der Waals surface area contributed by atoms with Crippen LogP contribution < -0.4 is 15.0 Å². The van der Waals surface area contributed by atoms with Gasteiger partial charge in [-0.15, -0.1) is 0 Å². The third-order valence-electron chi connectivity index (χ3n) is 5.18. The molecule has 2 heterocycles. The topological polar surface area (TPSA) is 71.1 Å². The molecule has 0 bridgehead atoms. The van der Waals surface area contributed by atoms with E-state index in [1.165, 1.54) is 0 Å². The largest absolute Gasteiger partial charge is 0.497 e. The molecule has 2 aromatic carbocycles. The van der Waals surface area contributed by atoms with E-state index >= 15 is 0 Å². The molecule has 7 heteroatoms. The van der Waals surface area contributed by atoms with Crippen molar-refractivity contribution in [3.63, 3.8) is 0 Å². The molecule has 28 heavy (non-hydrogen) atoms. The number of urea groups is 1. The second-order valence-corrected chi connectivity index (χ2v) is 7.10. The second-order valence-electron chi connectivity index (χ2n) is 7.10. The maximum atomic E-state index is 12.9.